The average molecular weight is 398 g/mol. The van der Waals surface area contributed by atoms with Crippen molar-refractivity contribution in [1.29, 1.82) is 0 Å². The van der Waals surface area contributed by atoms with Gasteiger partial charge in [0, 0.05) is 27.3 Å². The SMILES string of the molecule is COc1ccc(Cl)cc1CN(C)CC(=O)Nc1cccc(Br)c1. The summed E-state index contributed by atoms with van der Waals surface area (Å²) < 4.78 is 6.25. The van der Waals surface area contributed by atoms with Crippen LogP contribution in [-0.2, 0) is 11.3 Å². The van der Waals surface area contributed by atoms with Gasteiger partial charge in [0.2, 0.25) is 5.91 Å². The van der Waals surface area contributed by atoms with Gasteiger partial charge < -0.3 is 10.1 Å². The first-order valence-electron chi connectivity index (χ1n) is 7.04. The Morgan fingerprint density at radius 3 is 2.78 bits per heavy atom. The highest BCUT2D eigenvalue weighted by molar-refractivity contribution is 9.10. The van der Waals surface area contributed by atoms with Gasteiger partial charge >= 0.3 is 0 Å². The van der Waals surface area contributed by atoms with Crippen molar-refractivity contribution in [2.45, 2.75) is 6.54 Å². The molecule has 0 bridgehead atoms. The maximum Gasteiger partial charge on any atom is 0.238 e. The van der Waals surface area contributed by atoms with E-state index in [1.165, 1.54) is 0 Å². The second-order valence-corrected chi connectivity index (χ2v) is 6.54. The number of nitrogens with one attached hydrogen (secondary N) is 1. The molecular weight excluding hydrogens is 380 g/mol. The zero-order valence-corrected chi connectivity index (χ0v) is 15.3. The molecule has 0 aliphatic carbocycles. The van der Waals surface area contributed by atoms with Gasteiger partial charge in [0.05, 0.1) is 13.7 Å². The van der Waals surface area contributed by atoms with Crippen molar-refractivity contribution in [3.8, 4) is 5.75 Å². The smallest absolute Gasteiger partial charge is 0.238 e. The molecule has 0 atom stereocenters. The highest BCUT2D eigenvalue weighted by Gasteiger charge is 2.11. The Morgan fingerprint density at radius 2 is 2.09 bits per heavy atom. The first-order valence-corrected chi connectivity index (χ1v) is 8.21. The van der Waals surface area contributed by atoms with E-state index in [2.05, 4.69) is 21.2 Å². The largest absolute Gasteiger partial charge is 0.496 e. The third kappa shape index (κ3) is 5.53. The van der Waals surface area contributed by atoms with Crippen molar-refractivity contribution in [3.05, 3.63) is 57.5 Å². The van der Waals surface area contributed by atoms with Crippen LogP contribution in [0.15, 0.2) is 46.9 Å². The molecule has 2 aromatic carbocycles. The lowest BCUT2D eigenvalue weighted by atomic mass is 10.2. The van der Waals surface area contributed by atoms with E-state index in [1.807, 2.05) is 48.3 Å². The van der Waals surface area contributed by atoms with Crippen LogP contribution < -0.4 is 10.1 Å². The van der Waals surface area contributed by atoms with E-state index in [9.17, 15) is 4.79 Å². The molecule has 23 heavy (non-hydrogen) atoms. The number of nitrogens with zero attached hydrogens (tertiary/aromatic N) is 1. The molecule has 1 N–H and O–H groups in total. The number of ether oxygens (including phenoxy) is 1. The topological polar surface area (TPSA) is 41.6 Å². The Bertz CT molecular complexity index is 694. The van der Waals surface area contributed by atoms with Crippen LogP contribution in [0.2, 0.25) is 5.02 Å². The summed E-state index contributed by atoms with van der Waals surface area (Å²) in [4.78, 5) is 14.0. The summed E-state index contributed by atoms with van der Waals surface area (Å²) in [5.74, 6) is 0.681. The van der Waals surface area contributed by atoms with Crippen molar-refractivity contribution >= 4 is 39.1 Å². The second-order valence-electron chi connectivity index (χ2n) is 5.19. The number of halogens is 2. The molecule has 0 spiro atoms. The summed E-state index contributed by atoms with van der Waals surface area (Å²) in [5, 5.41) is 3.52. The van der Waals surface area contributed by atoms with Gasteiger partial charge in [0.25, 0.3) is 0 Å². The Morgan fingerprint density at radius 1 is 1.30 bits per heavy atom. The summed E-state index contributed by atoms with van der Waals surface area (Å²) in [6.45, 7) is 0.831. The van der Waals surface area contributed by atoms with Crippen LogP contribution in [-0.4, -0.2) is 31.5 Å². The number of carbonyl (C=O) groups is 1. The number of likely N-dealkylation sites (N-methyl/N-ethyl adjacent to an activating group) is 1. The van der Waals surface area contributed by atoms with Crippen LogP contribution in [0.3, 0.4) is 0 Å². The van der Waals surface area contributed by atoms with Crippen molar-refractivity contribution in [3.63, 3.8) is 0 Å². The molecule has 0 aliphatic heterocycles. The summed E-state index contributed by atoms with van der Waals surface area (Å²) >= 11 is 9.41. The fourth-order valence-electron chi connectivity index (χ4n) is 2.23. The third-order valence-corrected chi connectivity index (χ3v) is 3.93. The molecule has 0 unspecified atom stereocenters. The van der Waals surface area contributed by atoms with Crippen molar-refractivity contribution in [1.82, 2.24) is 4.90 Å². The molecule has 0 saturated carbocycles. The van der Waals surface area contributed by atoms with Crippen molar-refractivity contribution in [2.24, 2.45) is 0 Å². The highest BCUT2D eigenvalue weighted by Crippen LogP contribution is 2.23. The molecule has 0 saturated heterocycles. The molecule has 1 amide bonds. The normalized spacial score (nSPS) is 10.7. The minimum absolute atomic E-state index is 0.0772. The number of hydrogen-bond acceptors (Lipinski definition) is 3. The van der Waals surface area contributed by atoms with Crippen LogP contribution in [0.4, 0.5) is 5.69 Å². The van der Waals surface area contributed by atoms with E-state index >= 15 is 0 Å². The van der Waals surface area contributed by atoms with E-state index in [-0.39, 0.29) is 12.5 Å². The van der Waals surface area contributed by atoms with Crippen LogP contribution in [0.25, 0.3) is 0 Å². The van der Waals surface area contributed by atoms with Crippen molar-refractivity contribution in [2.75, 3.05) is 26.0 Å². The summed E-state index contributed by atoms with van der Waals surface area (Å²) in [6.07, 6.45) is 0. The van der Waals surface area contributed by atoms with Gasteiger partial charge in [-0.1, -0.05) is 33.6 Å². The van der Waals surface area contributed by atoms with Crippen LogP contribution >= 0.6 is 27.5 Å². The fourth-order valence-corrected chi connectivity index (χ4v) is 2.82. The Labute approximate surface area is 149 Å². The molecule has 0 aromatic heterocycles. The van der Waals surface area contributed by atoms with Gasteiger partial charge in [0.15, 0.2) is 0 Å². The lowest BCUT2D eigenvalue weighted by Gasteiger charge is -2.18. The number of anilines is 1. The first-order chi connectivity index (χ1) is 11.0. The average Bonchev–Trinajstić information content (AvgIpc) is 2.47. The molecule has 0 aliphatic rings. The van der Waals surface area contributed by atoms with Crippen LogP contribution in [0.5, 0.6) is 5.75 Å². The van der Waals surface area contributed by atoms with Crippen LogP contribution in [0, 0.1) is 0 Å². The maximum atomic E-state index is 12.1. The van der Waals surface area contributed by atoms with Gasteiger partial charge in [-0.25, -0.2) is 0 Å². The van der Waals surface area contributed by atoms with Gasteiger partial charge in [-0.3, -0.25) is 9.69 Å². The van der Waals surface area contributed by atoms with Gasteiger partial charge in [-0.2, -0.15) is 0 Å². The molecule has 122 valence electrons. The van der Waals surface area contributed by atoms with Crippen LogP contribution in [0.1, 0.15) is 5.56 Å². The number of carbonyl (C=O) groups excluding carboxylic acids is 1. The monoisotopic (exact) mass is 396 g/mol. The van der Waals surface area contributed by atoms with Gasteiger partial charge in [0.1, 0.15) is 5.75 Å². The molecule has 0 fully saturated rings. The maximum absolute atomic E-state index is 12.1. The molecule has 0 radical (unpaired) electrons. The third-order valence-electron chi connectivity index (χ3n) is 3.20. The second kappa shape index (κ2) is 8.34. The van der Waals surface area contributed by atoms with E-state index in [0.29, 0.717) is 11.6 Å². The van der Waals surface area contributed by atoms with Gasteiger partial charge in [-0.15, -0.1) is 0 Å². The number of rotatable bonds is 6. The Kier molecular flexibility index (Phi) is 6.45. The van der Waals surface area contributed by atoms with E-state index in [4.69, 9.17) is 16.3 Å². The highest BCUT2D eigenvalue weighted by atomic mass is 79.9. The molecule has 0 heterocycles. The minimum atomic E-state index is -0.0772. The quantitative estimate of drug-likeness (QED) is 0.795. The Hall–Kier alpha value is -1.56. The number of amides is 1. The predicted molar refractivity (Wildman–Crippen MR) is 97.1 cm³/mol. The fraction of sp³-hybridized carbons (Fsp3) is 0.235. The number of hydrogen-bond donors (Lipinski definition) is 1. The zero-order chi connectivity index (χ0) is 16.8. The lowest BCUT2D eigenvalue weighted by molar-refractivity contribution is -0.117. The summed E-state index contributed by atoms with van der Waals surface area (Å²) in [7, 11) is 3.49. The Balaban J connectivity index is 1.95. The van der Waals surface area contributed by atoms with E-state index in [0.717, 1.165) is 21.5 Å². The number of benzene rings is 2. The standard InChI is InChI=1S/C17H18BrClN2O2/c1-21(10-12-8-14(19)6-7-16(12)23-2)11-17(22)20-15-5-3-4-13(18)9-15/h3-9H,10-11H2,1-2H3,(H,20,22). The zero-order valence-electron chi connectivity index (χ0n) is 13.0. The first kappa shape index (κ1) is 17.8. The molecule has 2 rings (SSSR count). The van der Waals surface area contributed by atoms with Crippen molar-refractivity contribution < 1.29 is 9.53 Å². The van der Waals surface area contributed by atoms with Gasteiger partial charge in [-0.05, 0) is 43.4 Å². The molecule has 6 heteroatoms. The van der Waals surface area contributed by atoms with E-state index in [1.54, 1.807) is 13.2 Å². The lowest BCUT2D eigenvalue weighted by Crippen LogP contribution is -2.30. The summed E-state index contributed by atoms with van der Waals surface area (Å²) in [6, 6.07) is 13.0. The summed E-state index contributed by atoms with van der Waals surface area (Å²) in [5.41, 5.74) is 1.70. The number of methoxy groups -OCH3 is 1. The van der Waals surface area contributed by atoms with E-state index < -0.39 is 0 Å². The molecular formula is C17H18BrClN2O2. The molecule has 2 aromatic rings. The molecule has 4 nitrogen and oxygen atoms in total. The predicted octanol–water partition coefficient (Wildman–Crippen LogP) is 4.18. The minimum Gasteiger partial charge on any atom is -0.496 e.